The molecule has 0 bridgehead atoms. The van der Waals surface area contributed by atoms with Crippen LogP contribution in [0.4, 0.5) is 0 Å². The van der Waals surface area contributed by atoms with Gasteiger partial charge in [-0.05, 0) is 23.3 Å². The third-order valence-corrected chi connectivity index (χ3v) is 6.80. The number of hydrogen-bond donors (Lipinski definition) is 0. The van der Waals surface area contributed by atoms with E-state index in [0.717, 1.165) is 39.5 Å². The molecule has 0 spiro atoms. The van der Waals surface area contributed by atoms with Crippen LogP contribution >= 0.6 is 0 Å². The smallest absolute Gasteiger partial charge is 0.231 e. The predicted octanol–water partition coefficient (Wildman–Crippen LogP) is 6.18. The fraction of sp³-hybridized carbons (Fsp3) is 0.200. The molecular formula is C30H24O6. The highest BCUT2D eigenvalue weighted by Crippen LogP contribution is 2.55. The molecule has 3 heterocycles. The minimum Gasteiger partial charge on any atom is -0.492 e. The number of benzene rings is 4. The Morgan fingerprint density at radius 2 is 1.25 bits per heavy atom. The van der Waals surface area contributed by atoms with Gasteiger partial charge < -0.3 is 28.4 Å². The van der Waals surface area contributed by atoms with Gasteiger partial charge in [-0.2, -0.15) is 0 Å². The lowest BCUT2D eigenvalue weighted by Gasteiger charge is -2.29. The maximum Gasteiger partial charge on any atom is 0.231 e. The molecule has 4 aromatic rings. The molecule has 2 atom stereocenters. The highest BCUT2D eigenvalue weighted by Gasteiger charge is 2.42. The number of fused-ring (bicyclic) bond motifs is 6. The van der Waals surface area contributed by atoms with Gasteiger partial charge in [0, 0.05) is 23.3 Å². The summed E-state index contributed by atoms with van der Waals surface area (Å²) in [6.07, 6.45) is -0.187. The number of rotatable bonds is 6. The van der Waals surface area contributed by atoms with Gasteiger partial charge >= 0.3 is 0 Å². The van der Waals surface area contributed by atoms with E-state index in [-0.39, 0.29) is 18.8 Å². The van der Waals surface area contributed by atoms with Gasteiger partial charge in [0.1, 0.15) is 30.8 Å². The first-order valence-electron chi connectivity index (χ1n) is 12.1. The van der Waals surface area contributed by atoms with Crippen molar-refractivity contribution in [1.82, 2.24) is 0 Å². The summed E-state index contributed by atoms with van der Waals surface area (Å²) in [5.74, 6) is 4.38. The largest absolute Gasteiger partial charge is 0.492 e. The zero-order chi connectivity index (χ0) is 23.9. The molecule has 4 aromatic carbocycles. The van der Waals surface area contributed by atoms with Crippen molar-refractivity contribution >= 4 is 0 Å². The quantitative estimate of drug-likeness (QED) is 0.328. The lowest BCUT2D eigenvalue weighted by atomic mass is 9.89. The van der Waals surface area contributed by atoms with Gasteiger partial charge in [0.25, 0.3) is 0 Å². The zero-order valence-electron chi connectivity index (χ0n) is 19.5. The lowest BCUT2D eigenvalue weighted by molar-refractivity contribution is 0.137. The summed E-state index contributed by atoms with van der Waals surface area (Å²) in [6.45, 7) is 1.60. The molecule has 0 radical (unpaired) electrons. The summed E-state index contributed by atoms with van der Waals surface area (Å²) in [5.41, 5.74) is 4.18. The molecule has 36 heavy (non-hydrogen) atoms. The molecule has 3 aliphatic heterocycles. The Bertz CT molecular complexity index is 1400. The Hall–Kier alpha value is -4.32. The van der Waals surface area contributed by atoms with Gasteiger partial charge in [-0.15, -0.1) is 0 Å². The Balaban J connectivity index is 1.21. The van der Waals surface area contributed by atoms with Gasteiger partial charge in [0.2, 0.25) is 6.79 Å². The van der Waals surface area contributed by atoms with Crippen LogP contribution in [0.1, 0.15) is 34.3 Å². The summed E-state index contributed by atoms with van der Waals surface area (Å²) in [7, 11) is 0. The van der Waals surface area contributed by atoms with Crippen LogP contribution in [0.3, 0.4) is 0 Å². The maximum atomic E-state index is 6.44. The third kappa shape index (κ3) is 3.75. The van der Waals surface area contributed by atoms with E-state index < -0.39 is 0 Å². The van der Waals surface area contributed by atoms with Crippen molar-refractivity contribution in [2.45, 2.75) is 25.2 Å². The van der Waals surface area contributed by atoms with Crippen LogP contribution in [0.25, 0.3) is 0 Å². The molecule has 180 valence electrons. The molecule has 0 N–H and O–H groups in total. The first-order chi connectivity index (χ1) is 17.8. The van der Waals surface area contributed by atoms with Crippen molar-refractivity contribution in [3.05, 3.63) is 107 Å². The van der Waals surface area contributed by atoms with E-state index >= 15 is 0 Å². The average Bonchev–Trinajstić information content (AvgIpc) is 3.54. The van der Waals surface area contributed by atoms with Gasteiger partial charge in [-0.3, -0.25) is 0 Å². The summed E-state index contributed by atoms with van der Waals surface area (Å²) < 4.78 is 36.3. The Morgan fingerprint density at radius 3 is 1.94 bits per heavy atom. The summed E-state index contributed by atoms with van der Waals surface area (Å²) in [5, 5.41) is 0. The van der Waals surface area contributed by atoms with Crippen molar-refractivity contribution in [2.75, 3.05) is 13.4 Å². The standard InChI is InChI=1S/C30H24O6/c1-3-7-19(8-4-1)15-31-26-12-22-24(13-28(26)32-16-20-9-5-2-6-10-20)33-17-23-21-11-27-29(35-18-34-27)14-25(21)36-30(22)23/h1-14,23,30H,15-18H2/t23-,30-/m1/s1. The van der Waals surface area contributed by atoms with Crippen LogP contribution in [0.15, 0.2) is 84.9 Å². The molecule has 0 fully saturated rings. The van der Waals surface area contributed by atoms with Crippen molar-refractivity contribution in [1.29, 1.82) is 0 Å². The van der Waals surface area contributed by atoms with E-state index in [1.54, 1.807) is 0 Å². The topological polar surface area (TPSA) is 55.4 Å². The normalized spacial score (nSPS) is 18.3. The van der Waals surface area contributed by atoms with Crippen LogP contribution in [0, 0.1) is 0 Å². The van der Waals surface area contributed by atoms with Crippen molar-refractivity contribution < 1.29 is 28.4 Å². The van der Waals surface area contributed by atoms with E-state index in [4.69, 9.17) is 28.4 Å². The van der Waals surface area contributed by atoms with Gasteiger partial charge in [0.15, 0.2) is 23.0 Å². The second kappa shape index (κ2) is 8.72. The van der Waals surface area contributed by atoms with Crippen LogP contribution in [-0.4, -0.2) is 13.4 Å². The monoisotopic (exact) mass is 480 g/mol. The Morgan fingerprint density at radius 1 is 0.611 bits per heavy atom. The highest BCUT2D eigenvalue weighted by molar-refractivity contribution is 5.59. The second-order valence-corrected chi connectivity index (χ2v) is 9.08. The Kier molecular flexibility index (Phi) is 5.09. The average molecular weight is 481 g/mol. The van der Waals surface area contributed by atoms with Gasteiger partial charge in [-0.1, -0.05) is 60.7 Å². The summed E-state index contributed by atoms with van der Waals surface area (Å²) in [4.78, 5) is 0. The van der Waals surface area contributed by atoms with E-state index in [1.165, 1.54) is 0 Å². The molecular weight excluding hydrogens is 456 g/mol. The molecule has 0 saturated heterocycles. The van der Waals surface area contributed by atoms with Gasteiger partial charge in [0.05, 0.1) is 12.5 Å². The van der Waals surface area contributed by atoms with Crippen molar-refractivity contribution in [2.24, 2.45) is 0 Å². The second-order valence-electron chi connectivity index (χ2n) is 9.08. The molecule has 6 heteroatoms. The SMILES string of the molecule is c1ccc(COc2cc3c(cc2OCc2ccccc2)[C@H]2Oc4cc5c(cc4[C@H]2CO3)OCO5)cc1. The molecule has 3 aliphatic rings. The minimum atomic E-state index is -0.187. The fourth-order valence-electron chi connectivity index (χ4n) is 4.95. The molecule has 6 nitrogen and oxygen atoms in total. The van der Waals surface area contributed by atoms with Crippen molar-refractivity contribution in [3.8, 4) is 34.5 Å². The van der Waals surface area contributed by atoms with Gasteiger partial charge in [-0.25, -0.2) is 0 Å². The predicted molar refractivity (Wildman–Crippen MR) is 132 cm³/mol. The van der Waals surface area contributed by atoms with E-state index in [0.29, 0.717) is 37.1 Å². The number of ether oxygens (including phenoxy) is 6. The van der Waals surface area contributed by atoms with Crippen molar-refractivity contribution in [3.63, 3.8) is 0 Å². The first kappa shape index (κ1) is 21.0. The summed E-state index contributed by atoms with van der Waals surface area (Å²) >= 11 is 0. The van der Waals surface area contributed by atoms with E-state index in [1.807, 2.05) is 84.9 Å². The van der Waals surface area contributed by atoms with Crippen LogP contribution in [0.2, 0.25) is 0 Å². The fourth-order valence-corrected chi connectivity index (χ4v) is 4.95. The molecule has 0 aliphatic carbocycles. The Labute approximate surface area is 208 Å². The summed E-state index contributed by atoms with van der Waals surface area (Å²) in [6, 6.07) is 28.0. The first-order valence-corrected chi connectivity index (χ1v) is 12.1. The van der Waals surface area contributed by atoms with Crippen LogP contribution in [0.5, 0.6) is 34.5 Å². The highest BCUT2D eigenvalue weighted by atomic mass is 16.7. The molecule has 0 unspecified atom stereocenters. The lowest BCUT2D eigenvalue weighted by Crippen LogP contribution is -2.23. The van der Waals surface area contributed by atoms with Crippen LogP contribution in [-0.2, 0) is 13.2 Å². The number of hydrogen-bond acceptors (Lipinski definition) is 6. The maximum absolute atomic E-state index is 6.44. The zero-order valence-corrected chi connectivity index (χ0v) is 19.5. The molecule has 0 aromatic heterocycles. The molecule has 7 rings (SSSR count). The third-order valence-electron chi connectivity index (χ3n) is 6.80. The van der Waals surface area contributed by atoms with E-state index in [9.17, 15) is 0 Å². The molecule has 0 saturated carbocycles. The van der Waals surface area contributed by atoms with Crippen LogP contribution < -0.4 is 28.4 Å². The minimum absolute atomic E-state index is 0.0556. The van der Waals surface area contributed by atoms with E-state index in [2.05, 4.69) is 0 Å². The molecule has 0 amide bonds.